The molecule has 0 saturated carbocycles. The monoisotopic (exact) mass is 191 g/mol. The van der Waals surface area contributed by atoms with Crippen molar-refractivity contribution in [3.8, 4) is 0 Å². The highest BCUT2D eigenvalue weighted by Crippen LogP contribution is 2.24. The number of aliphatic hydroxyl groups excluding tert-OH is 1. The summed E-state index contributed by atoms with van der Waals surface area (Å²) in [5.74, 6) is 0.594. The van der Waals surface area contributed by atoms with E-state index in [0.29, 0.717) is 18.7 Å². The zero-order valence-electron chi connectivity index (χ0n) is 7.81. The van der Waals surface area contributed by atoms with Gasteiger partial charge in [0, 0.05) is 5.39 Å². The van der Waals surface area contributed by atoms with Crippen molar-refractivity contribution in [2.45, 2.75) is 12.5 Å². The van der Waals surface area contributed by atoms with Crippen molar-refractivity contribution in [2.24, 2.45) is 5.73 Å². The van der Waals surface area contributed by atoms with Crippen LogP contribution in [0.4, 0.5) is 0 Å². The van der Waals surface area contributed by atoms with E-state index >= 15 is 0 Å². The minimum atomic E-state index is -0.590. The largest absolute Gasteiger partial charge is 0.458 e. The summed E-state index contributed by atoms with van der Waals surface area (Å²) >= 11 is 0. The number of hydrogen-bond acceptors (Lipinski definition) is 3. The molecule has 0 unspecified atom stereocenters. The standard InChI is InChI=1S/C11H13NO2/c12-6-5-9(13)11-7-8-3-1-2-4-10(8)14-11/h1-4,7,9,13H,5-6,12H2/t9-/m0/s1. The number of fused-ring (bicyclic) bond motifs is 1. The van der Waals surface area contributed by atoms with Gasteiger partial charge >= 0.3 is 0 Å². The number of hydrogen-bond donors (Lipinski definition) is 2. The normalized spacial score (nSPS) is 13.3. The lowest BCUT2D eigenvalue weighted by Gasteiger charge is -2.03. The fourth-order valence-corrected chi connectivity index (χ4v) is 1.47. The molecule has 0 radical (unpaired) electrons. The van der Waals surface area contributed by atoms with Gasteiger partial charge < -0.3 is 15.3 Å². The molecule has 1 aromatic heterocycles. The first kappa shape index (κ1) is 9.24. The fourth-order valence-electron chi connectivity index (χ4n) is 1.47. The molecule has 3 N–H and O–H groups in total. The predicted octanol–water partition coefficient (Wildman–Crippen LogP) is 1.82. The molecule has 0 saturated heterocycles. The molecular formula is C11H13NO2. The number of rotatable bonds is 3. The smallest absolute Gasteiger partial charge is 0.134 e. The lowest BCUT2D eigenvalue weighted by Crippen LogP contribution is -2.05. The molecule has 0 bridgehead atoms. The van der Waals surface area contributed by atoms with Gasteiger partial charge in [-0.3, -0.25) is 0 Å². The van der Waals surface area contributed by atoms with Gasteiger partial charge in [-0.1, -0.05) is 18.2 Å². The third kappa shape index (κ3) is 1.64. The van der Waals surface area contributed by atoms with Gasteiger partial charge in [-0.05, 0) is 25.1 Å². The lowest BCUT2D eigenvalue weighted by atomic mass is 10.2. The molecule has 3 heteroatoms. The van der Waals surface area contributed by atoms with Gasteiger partial charge in [0.25, 0.3) is 0 Å². The summed E-state index contributed by atoms with van der Waals surface area (Å²) in [6, 6.07) is 9.54. The van der Waals surface area contributed by atoms with Crippen LogP contribution in [0.3, 0.4) is 0 Å². The Labute approximate surface area is 82.1 Å². The van der Waals surface area contributed by atoms with E-state index in [-0.39, 0.29) is 0 Å². The maximum atomic E-state index is 9.65. The number of furan rings is 1. The molecule has 1 aromatic carbocycles. The van der Waals surface area contributed by atoms with Crippen LogP contribution < -0.4 is 5.73 Å². The number of benzene rings is 1. The van der Waals surface area contributed by atoms with Crippen molar-refractivity contribution in [3.05, 3.63) is 36.1 Å². The fraction of sp³-hybridized carbons (Fsp3) is 0.273. The summed E-state index contributed by atoms with van der Waals surface area (Å²) < 4.78 is 5.48. The Morgan fingerprint density at radius 1 is 1.36 bits per heavy atom. The van der Waals surface area contributed by atoms with Crippen LogP contribution in [-0.2, 0) is 0 Å². The van der Waals surface area contributed by atoms with Crippen molar-refractivity contribution in [1.29, 1.82) is 0 Å². The second kappa shape index (κ2) is 3.82. The van der Waals surface area contributed by atoms with Crippen LogP contribution in [0.5, 0.6) is 0 Å². The van der Waals surface area contributed by atoms with E-state index in [0.717, 1.165) is 11.0 Å². The summed E-state index contributed by atoms with van der Waals surface area (Å²) in [4.78, 5) is 0. The predicted molar refractivity (Wildman–Crippen MR) is 54.8 cm³/mol. The van der Waals surface area contributed by atoms with Crippen LogP contribution in [0.2, 0.25) is 0 Å². The van der Waals surface area contributed by atoms with Gasteiger partial charge in [0.1, 0.15) is 17.4 Å². The molecular weight excluding hydrogens is 178 g/mol. The van der Waals surface area contributed by atoms with Crippen LogP contribution in [0.25, 0.3) is 11.0 Å². The molecule has 74 valence electrons. The van der Waals surface area contributed by atoms with E-state index in [2.05, 4.69) is 0 Å². The van der Waals surface area contributed by atoms with Crippen LogP contribution in [-0.4, -0.2) is 11.7 Å². The maximum absolute atomic E-state index is 9.65. The summed E-state index contributed by atoms with van der Waals surface area (Å²) in [6.45, 7) is 0.457. The van der Waals surface area contributed by atoms with E-state index in [9.17, 15) is 5.11 Å². The Balaban J connectivity index is 2.35. The molecule has 2 rings (SSSR count). The van der Waals surface area contributed by atoms with Crippen LogP contribution in [0.1, 0.15) is 18.3 Å². The van der Waals surface area contributed by atoms with Crippen LogP contribution in [0.15, 0.2) is 34.7 Å². The molecule has 0 fully saturated rings. The highest BCUT2D eigenvalue weighted by Gasteiger charge is 2.11. The van der Waals surface area contributed by atoms with Crippen molar-refractivity contribution < 1.29 is 9.52 Å². The number of aliphatic hydroxyl groups is 1. The average molecular weight is 191 g/mol. The van der Waals surface area contributed by atoms with Gasteiger partial charge in [-0.25, -0.2) is 0 Å². The Morgan fingerprint density at radius 3 is 2.86 bits per heavy atom. The van der Waals surface area contributed by atoms with Crippen molar-refractivity contribution in [3.63, 3.8) is 0 Å². The van der Waals surface area contributed by atoms with Gasteiger partial charge in [0.05, 0.1) is 0 Å². The molecule has 3 nitrogen and oxygen atoms in total. The first-order chi connectivity index (χ1) is 6.81. The van der Waals surface area contributed by atoms with E-state index in [4.69, 9.17) is 10.2 Å². The van der Waals surface area contributed by atoms with E-state index < -0.39 is 6.10 Å². The van der Waals surface area contributed by atoms with E-state index in [1.165, 1.54) is 0 Å². The zero-order valence-corrected chi connectivity index (χ0v) is 7.81. The maximum Gasteiger partial charge on any atom is 0.134 e. The number of nitrogens with two attached hydrogens (primary N) is 1. The molecule has 0 amide bonds. The quantitative estimate of drug-likeness (QED) is 0.777. The van der Waals surface area contributed by atoms with Crippen molar-refractivity contribution >= 4 is 11.0 Å². The Kier molecular flexibility index (Phi) is 2.52. The van der Waals surface area contributed by atoms with Crippen molar-refractivity contribution in [1.82, 2.24) is 0 Å². The number of para-hydroxylation sites is 1. The Hall–Kier alpha value is -1.32. The molecule has 1 atom stereocenters. The molecule has 0 spiro atoms. The summed E-state index contributed by atoms with van der Waals surface area (Å²) in [5, 5.41) is 10.7. The average Bonchev–Trinajstić information content (AvgIpc) is 2.61. The second-order valence-electron chi connectivity index (χ2n) is 3.28. The van der Waals surface area contributed by atoms with E-state index in [1.807, 2.05) is 30.3 Å². The Bertz CT molecular complexity index is 389. The van der Waals surface area contributed by atoms with Crippen molar-refractivity contribution in [2.75, 3.05) is 6.54 Å². The minimum Gasteiger partial charge on any atom is -0.458 e. The summed E-state index contributed by atoms with van der Waals surface area (Å²) in [7, 11) is 0. The molecule has 0 aliphatic heterocycles. The third-order valence-corrected chi connectivity index (χ3v) is 2.21. The molecule has 0 aliphatic rings. The SMILES string of the molecule is NCC[C@H](O)c1cc2ccccc2o1. The molecule has 0 aliphatic carbocycles. The van der Waals surface area contributed by atoms with Crippen LogP contribution >= 0.6 is 0 Å². The Morgan fingerprint density at radius 2 is 2.14 bits per heavy atom. The molecule has 1 heterocycles. The third-order valence-electron chi connectivity index (χ3n) is 2.21. The van der Waals surface area contributed by atoms with E-state index in [1.54, 1.807) is 0 Å². The zero-order chi connectivity index (χ0) is 9.97. The van der Waals surface area contributed by atoms with Crippen LogP contribution in [0, 0.1) is 0 Å². The highest BCUT2D eigenvalue weighted by molar-refractivity contribution is 5.77. The lowest BCUT2D eigenvalue weighted by molar-refractivity contribution is 0.145. The highest BCUT2D eigenvalue weighted by atomic mass is 16.4. The topological polar surface area (TPSA) is 59.4 Å². The van der Waals surface area contributed by atoms with Gasteiger partial charge in [0.2, 0.25) is 0 Å². The van der Waals surface area contributed by atoms with Gasteiger partial charge in [-0.2, -0.15) is 0 Å². The first-order valence-electron chi connectivity index (χ1n) is 4.68. The minimum absolute atomic E-state index is 0.457. The van der Waals surface area contributed by atoms with Gasteiger partial charge in [0.15, 0.2) is 0 Å². The summed E-state index contributed by atoms with van der Waals surface area (Å²) in [6.07, 6.45) is -0.0628. The summed E-state index contributed by atoms with van der Waals surface area (Å²) in [5.41, 5.74) is 6.16. The first-order valence-corrected chi connectivity index (χ1v) is 4.68. The second-order valence-corrected chi connectivity index (χ2v) is 3.28. The van der Waals surface area contributed by atoms with Gasteiger partial charge in [-0.15, -0.1) is 0 Å². The molecule has 2 aromatic rings. The molecule has 14 heavy (non-hydrogen) atoms.